The highest BCUT2D eigenvalue weighted by atomic mass is 28.3. The molecule has 2 aliphatic rings. The van der Waals surface area contributed by atoms with Gasteiger partial charge in [-0.25, -0.2) is 0 Å². The molecule has 0 amide bonds. The van der Waals surface area contributed by atoms with Crippen molar-refractivity contribution in [1.82, 2.24) is 0 Å². The molecular formula is C52H39NSi. The molecule has 1 spiro atoms. The summed E-state index contributed by atoms with van der Waals surface area (Å²) in [6, 6.07) is 68.7. The van der Waals surface area contributed by atoms with Crippen LogP contribution in [0.2, 0.25) is 19.6 Å². The van der Waals surface area contributed by atoms with Gasteiger partial charge in [-0.2, -0.15) is 0 Å². The van der Waals surface area contributed by atoms with Crippen molar-refractivity contribution in [1.29, 1.82) is 0 Å². The maximum Gasteiger partial charge on any atom is 0.0775 e. The van der Waals surface area contributed by atoms with Crippen LogP contribution in [0.15, 0.2) is 182 Å². The number of hydrogen-bond donors (Lipinski definition) is 0. The molecule has 0 aromatic heterocycles. The number of anilines is 3. The summed E-state index contributed by atoms with van der Waals surface area (Å²) < 4.78 is 0. The van der Waals surface area contributed by atoms with Crippen LogP contribution < -0.4 is 10.1 Å². The lowest BCUT2D eigenvalue weighted by Crippen LogP contribution is -2.37. The number of benzene rings is 9. The SMILES string of the molecule is C[Si](C)(C)c1ccc(N(c2cccc3c2-c2ccccc2C32c3ccccc3-c3ccccc32)c2cccc3c4ccccc4c4ccccc4c23)cc1. The second-order valence-corrected chi connectivity index (χ2v) is 21.1. The zero-order chi connectivity index (χ0) is 36.2. The molecule has 1 nitrogen and oxygen atoms in total. The van der Waals surface area contributed by atoms with Gasteiger partial charge in [-0.3, -0.25) is 0 Å². The highest BCUT2D eigenvalue weighted by Crippen LogP contribution is 2.64. The number of nitrogens with zero attached hydrogens (tertiary/aromatic N) is 1. The molecule has 256 valence electrons. The summed E-state index contributed by atoms with van der Waals surface area (Å²) in [5, 5.41) is 9.13. The molecule has 0 bridgehead atoms. The van der Waals surface area contributed by atoms with E-state index in [0.29, 0.717) is 0 Å². The van der Waals surface area contributed by atoms with Crippen molar-refractivity contribution < 1.29 is 0 Å². The van der Waals surface area contributed by atoms with Gasteiger partial charge in [0.15, 0.2) is 0 Å². The van der Waals surface area contributed by atoms with E-state index in [1.54, 1.807) is 0 Å². The summed E-state index contributed by atoms with van der Waals surface area (Å²) in [5.41, 5.74) is 13.8. The van der Waals surface area contributed by atoms with Crippen LogP contribution in [0.3, 0.4) is 0 Å². The fourth-order valence-electron chi connectivity index (χ4n) is 9.95. The van der Waals surface area contributed by atoms with E-state index < -0.39 is 13.5 Å². The standard InChI is InChI=1S/C52H39NSi/c1-54(2,3)35-32-30-34(31-33-35)53(48-28-14-23-42-38-17-5-4-16-36(38)37-18-6-7-21-41(37)50(42)48)49-29-15-27-47-51(49)43-22-10-13-26-46(43)52(47)44-24-11-8-19-39(44)40-20-9-12-25-45(40)52/h4-33H,1-3H3. The van der Waals surface area contributed by atoms with Crippen molar-refractivity contribution in [2.75, 3.05) is 4.90 Å². The van der Waals surface area contributed by atoms with E-state index in [1.807, 2.05) is 0 Å². The molecule has 0 saturated carbocycles. The fraction of sp³-hybridized carbons (Fsp3) is 0.0769. The first-order chi connectivity index (χ1) is 26.5. The Balaban J connectivity index is 1.28. The summed E-state index contributed by atoms with van der Waals surface area (Å²) in [7, 11) is -1.53. The molecule has 0 aliphatic heterocycles. The van der Waals surface area contributed by atoms with Gasteiger partial charge in [-0.05, 0) is 90.1 Å². The third kappa shape index (κ3) is 4.15. The minimum absolute atomic E-state index is 0.413. The Labute approximate surface area is 317 Å². The zero-order valence-corrected chi connectivity index (χ0v) is 31.8. The minimum Gasteiger partial charge on any atom is -0.309 e. The Morgan fingerprint density at radius 1 is 0.370 bits per heavy atom. The second kappa shape index (κ2) is 11.4. The lowest BCUT2D eigenvalue weighted by atomic mass is 9.70. The van der Waals surface area contributed by atoms with Gasteiger partial charge in [-0.15, -0.1) is 0 Å². The molecule has 0 radical (unpaired) electrons. The van der Waals surface area contributed by atoms with Crippen molar-refractivity contribution in [2.24, 2.45) is 0 Å². The first-order valence-corrected chi connectivity index (χ1v) is 22.6. The summed E-state index contributed by atoms with van der Waals surface area (Å²) in [6.45, 7) is 7.29. The number of fused-ring (bicyclic) bond motifs is 16. The third-order valence-corrected chi connectivity index (χ3v) is 14.3. The highest BCUT2D eigenvalue weighted by molar-refractivity contribution is 6.88. The molecule has 0 fully saturated rings. The van der Waals surface area contributed by atoms with Gasteiger partial charge in [-0.1, -0.05) is 183 Å². The van der Waals surface area contributed by atoms with E-state index in [2.05, 4.69) is 207 Å². The van der Waals surface area contributed by atoms with E-state index in [-0.39, 0.29) is 0 Å². The van der Waals surface area contributed by atoms with Gasteiger partial charge >= 0.3 is 0 Å². The molecule has 0 N–H and O–H groups in total. The lowest BCUT2D eigenvalue weighted by Gasteiger charge is -2.32. The van der Waals surface area contributed by atoms with Crippen LogP contribution >= 0.6 is 0 Å². The van der Waals surface area contributed by atoms with Crippen LogP contribution in [0.5, 0.6) is 0 Å². The maximum atomic E-state index is 2.57. The van der Waals surface area contributed by atoms with Gasteiger partial charge in [0.1, 0.15) is 0 Å². The van der Waals surface area contributed by atoms with Crippen LogP contribution in [-0.2, 0) is 5.41 Å². The Kier molecular flexibility index (Phi) is 6.60. The van der Waals surface area contributed by atoms with Gasteiger partial charge < -0.3 is 4.90 Å². The van der Waals surface area contributed by atoms with Crippen molar-refractivity contribution in [3.05, 3.63) is 204 Å². The van der Waals surface area contributed by atoms with E-state index in [9.17, 15) is 0 Å². The van der Waals surface area contributed by atoms with Crippen molar-refractivity contribution >= 4 is 62.6 Å². The van der Waals surface area contributed by atoms with Crippen LogP contribution in [0.25, 0.3) is 54.6 Å². The number of rotatable bonds is 4. The zero-order valence-electron chi connectivity index (χ0n) is 30.8. The Hall–Kier alpha value is -6.22. The lowest BCUT2D eigenvalue weighted by molar-refractivity contribution is 0.794. The topological polar surface area (TPSA) is 3.24 Å². The molecule has 0 unspecified atom stereocenters. The molecule has 9 aromatic rings. The predicted octanol–water partition coefficient (Wildman–Crippen LogP) is 13.5. The smallest absolute Gasteiger partial charge is 0.0775 e. The molecule has 0 atom stereocenters. The van der Waals surface area contributed by atoms with Crippen LogP contribution in [0, 0.1) is 0 Å². The van der Waals surface area contributed by atoms with Crippen LogP contribution in [-0.4, -0.2) is 8.07 Å². The average molecular weight is 706 g/mol. The Morgan fingerprint density at radius 2 is 0.796 bits per heavy atom. The van der Waals surface area contributed by atoms with E-state index in [0.717, 1.165) is 0 Å². The molecular weight excluding hydrogens is 667 g/mol. The fourth-order valence-corrected chi connectivity index (χ4v) is 11.1. The quantitative estimate of drug-likeness (QED) is 0.130. The third-order valence-electron chi connectivity index (χ3n) is 12.2. The largest absolute Gasteiger partial charge is 0.309 e. The van der Waals surface area contributed by atoms with Crippen molar-refractivity contribution in [3.63, 3.8) is 0 Å². The van der Waals surface area contributed by atoms with Gasteiger partial charge in [0.2, 0.25) is 0 Å². The molecule has 2 aliphatic carbocycles. The Morgan fingerprint density at radius 3 is 1.39 bits per heavy atom. The van der Waals surface area contributed by atoms with E-state index in [1.165, 1.54) is 99.1 Å². The maximum absolute atomic E-state index is 2.57. The van der Waals surface area contributed by atoms with Crippen molar-refractivity contribution in [2.45, 2.75) is 25.1 Å². The monoisotopic (exact) mass is 705 g/mol. The highest BCUT2D eigenvalue weighted by Gasteiger charge is 2.52. The van der Waals surface area contributed by atoms with Gasteiger partial charge in [0.05, 0.1) is 24.9 Å². The Bertz CT molecular complexity index is 2890. The summed E-state index contributed by atoms with van der Waals surface area (Å²) in [5.74, 6) is 0. The second-order valence-electron chi connectivity index (χ2n) is 16.0. The van der Waals surface area contributed by atoms with Gasteiger partial charge in [0.25, 0.3) is 0 Å². The normalized spacial score (nSPS) is 13.6. The molecule has 0 saturated heterocycles. The molecule has 2 heteroatoms. The van der Waals surface area contributed by atoms with Crippen LogP contribution in [0.4, 0.5) is 17.1 Å². The summed E-state index contributed by atoms with van der Waals surface area (Å²) >= 11 is 0. The first-order valence-electron chi connectivity index (χ1n) is 19.1. The summed E-state index contributed by atoms with van der Waals surface area (Å²) in [4.78, 5) is 2.57. The molecule has 9 aromatic carbocycles. The molecule has 54 heavy (non-hydrogen) atoms. The number of hydrogen-bond acceptors (Lipinski definition) is 1. The van der Waals surface area contributed by atoms with Crippen molar-refractivity contribution in [3.8, 4) is 22.3 Å². The van der Waals surface area contributed by atoms with Crippen LogP contribution in [0.1, 0.15) is 22.3 Å². The average Bonchev–Trinajstić information content (AvgIpc) is 3.69. The summed E-state index contributed by atoms with van der Waals surface area (Å²) in [6.07, 6.45) is 0. The minimum atomic E-state index is -1.53. The van der Waals surface area contributed by atoms with E-state index in [4.69, 9.17) is 0 Å². The predicted molar refractivity (Wildman–Crippen MR) is 233 cm³/mol. The molecule has 0 heterocycles. The van der Waals surface area contributed by atoms with E-state index >= 15 is 0 Å². The first kappa shape index (κ1) is 31.3. The molecule has 11 rings (SSSR count). The van der Waals surface area contributed by atoms with Gasteiger partial charge in [0, 0.05) is 16.6 Å².